The summed E-state index contributed by atoms with van der Waals surface area (Å²) < 4.78 is 111. The van der Waals surface area contributed by atoms with E-state index >= 15 is 0 Å². The zero-order valence-electron chi connectivity index (χ0n) is 20.1. The number of nitrogens with zero attached hydrogens (tertiary/aromatic N) is 4. The van der Waals surface area contributed by atoms with Gasteiger partial charge in [-0.15, -0.1) is 10.2 Å². The van der Waals surface area contributed by atoms with E-state index in [1.54, 1.807) is 0 Å². The van der Waals surface area contributed by atoms with Crippen LogP contribution in [0.25, 0.3) is 11.5 Å². The first kappa shape index (κ1) is 27.5. The number of likely N-dealkylation sites (tertiary alicyclic amines) is 1. The summed E-state index contributed by atoms with van der Waals surface area (Å²) in [4.78, 5) is 27.4. The highest BCUT2D eigenvalue weighted by Gasteiger charge is 2.65. The Balaban J connectivity index is 1.47. The van der Waals surface area contributed by atoms with Crippen LogP contribution in [0.4, 0.5) is 35.1 Å². The molecule has 1 fully saturated rings. The van der Waals surface area contributed by atoms with Crippen molar-refractivity contribution in [1.29, 1.82) is 0 Å². The number of aromatic nitrogens is 2. The van der Waals surface area contributed by atoms with Gasteiger partial charge in [-0.3, -0.25) is 9.59 Å². The van der Waals surface area contributed by atoms with Crippen molar-refractivity contribution in [2.45, 2.75) is 43.4 Å². The zero-order valence-corrected chi connectivity index (χ0v) is 20.1. The maximum absolute atomic E-state index is 13.9. The van der Waals surface area contributed by atoms with Gasteiger partial charge in [0.05, 0.1) is 6.04 Å². The van der Waals surface area contributed by atoms with Gasteiger partial charge >= 0.3 is 24.4 Å². The van der Waals surface area contributed by atoms with Crippen molar-refractivity contribution in [1.82, 2.24) is 20.0 Å². The molecule has 3 heterocycles. The molecule has 0 radical (unpaired) electrons. The molecule has 0 bridgehead atoms. The molecule has 5 rings (SSSR count). The zero-order chi connectivity index (χ0) is 29.0. The third-order valence-corrected chi connectivity index (χ3v) is 7.01. The van der Waals surface area contributed by atoms with Crippen molar-refractivity contribution >= 4 is 11.8 Å². The monoisotopic (exact) mass is 574 g/mol. The van der Waals surface area contributed by atoms with Gasteiger partial charge in [-0.25, -0.2) is 4.39 Å². The molecule has 0 spiro atoms. The van der Waals surface area contributed by atoms with E-state index in [0.29, 0.717) is 16.0 Å². The number of benzene rings is 2. The van der Waals surface area contributed by atoms with Crippen molar-refractivity contribution in [2.75, 3.05) is 13.1 Å². The molecule has 2 amide bonds. The molecule has 1 aromatic heterocycles. The van der Waals surface area contributed by atoms with E-state index in [-0.39, 0.29) is 30.0 Å². The lowest BCUT2D eigenvalue weighted by Crippen LogP contribution is -2.59. The number of carbonyl (C=O) groups is 2. The number of alkyl halides is 7. The summed E-state index contributed by atoms with van der Waals surface area (Å²) in [6, 6.07) is 8.31. The quantitative estimate of drug-likeness (QED) is 0.384. The highest BCUT2D eigenvalue weighted by atomic mass is 19.4. The number of hydrogen-bond acceptors (Lipinski definition) is 5. The van der Waals surface area contributed by atoms with E-state index in [1.165, 1.54) is 35.2 Å². The molecule has 1 saturated heterocycles. The van der Waals surface area contributed by atoms with Gasteiger partial charge in [-0.1, -0.05) is 18.2 Å². The van der Waals surface area contributed by atoms with Crippen molar-refractivity contribution < 1.29 is 49.1 Å². The molecule has 212 valence electrons. The van der Waals surface area contributed by atoms with Crippen LogP contribution in [0.2, 0.25) is 0 Å². The van der Waals surface area contributed by atoms with Gasteiger partial charge in [-0.2, -0.15) is 30.7 Å². The predicted molar refractivity (Wildman–Crippen MR) is 120 cm³/mol. The van der Waals surface area contributed by atoms with Gasteiger partial charge in [0.25, 0.3) is 11.8 Å². The second-order valence-corrected chi connectivity index (χ2v) is 9.39. The summed E-state index contributed by atoms with van der Waals surface area (Å²) >= 11 is 0. The minimum Gasteiger partial charge on any atom is -0.415 e. The average molecular weight is 574 g/mol. The van der Waals surface area contributed by atoms with E-state index in [4.69, 9.17) is 4.42 Å². The van der Waals surface area contributed by atoms with Crippen LogP contribution < -0.4 is 0 Å². The number of hydrogen-bond donors (Lipinski definition) is 0. The van der Waals surface area contributed by atoms with Crippen LogP contribution in [0.5, 0.6) is 0 Å². The van der Waals surface area contributed by atoms with Gasteiger partial charge in [0.15, 0.2) is 0 Å². The van der Waals surface area contributed by atoms with Gasteiger partial charge in [-0.05, 0) is 41.8 Å². The smallest absolute Gasteiger partial charge is 0.415 e. The minimum atomic E-state index is -6.11. The molecule has 2 atom stereocenters. The molecule has 0 aliphatic carbocycles. The molecule has 0 saturated carbocycles. The highest BCUT2D eigenvalue weighted by molar-refractivity contribution is 5.99. The number of rotatable bonds is 5. The first-order valence-corrected chi connectivity index (χ1v) is 11.8. The first-order chi connectivity index (χ1) is 18.8. The number of fused-ring (bicyclic) bond motifs is 1. The Hall–Kier alpha value is -4.04. The van der Waals surface area contributed by atoms with Crippen LogP contribution >= 0.6 is 0 Å². The van der Waals surface area contributed by atoms with Gasteiger partial charge in [0, 0.05) is 36.7 Å². The van der Waals surface area contributed by atoms with Crippen LogP contribution in [0.15, 0.2) is 46.9 Å². The van der Waals surface area contributed by atoms with Crippen molar-refractivity contribution in [3.8, 4) is 11.5 Å². The van der Waals surface area contributed by atoms with Crippen molar-refractivity contribution in [3.05, 3.63) is 70.9 Å². The van der Waals surface area contributed by atoms with E-state index < -0.39 is 67.1 Å². The molecule has 40 heavy (non-hydrogen) atoms. The molecule has 2 aromatic carbocycles. The Morgan fingerprint density at radius 1 is 1.02 bits per heavy atom. The van der Waals surface area contributed by atoms with Crippen LogP contribution in [0, 0.1) is 5.82 Å². The summed E-state index contributed by atoms with van der Waals surface area (Å²) in [6.45, 7) is -1.17. The summed E-state index contributed by atoms with van der Waals surface area (Å²) in [6.07, 6.45) is -9.21. The van der Waals surface area contributed by atoms with Gasteiger partial charge in [0.2, 0.25) is 5.89 Å². The first-order valence-electron chi connectivity index (χ1n) is 11.8. The molecule has 0 N–H and O–H groups in total. The fourth-order valence-corrected chi connectivity index (χ4v) is 5.01. The van der Waals surface area contributed by atoms with Crippen LogP contribution in [0.3, 0.4) is 0 Å². The molecule has 7 nitrogen and oxygen atoms in total. The van der Waals surface area contributed by atoms with E-state index in [0.717, 1.165) is 12.1 Å². The molecule has 2 aliphatic rings. The number of amides is 2. The van der Waals surface area contributed by atoms with E-state index in [1.807, 2.05) is 0 Å². The third-order valence-electron chi connectivity index (χ3n) is 7.01. The number of carbonyl (C=O) groups excluding carboxylic acids is 2. The Kier molecular flexibility index (Phi) is 6.78. The lowest BCUT2D eigenvalue weighted by Gasteiger charge is -2.43. The Bertz CT molecular complexity index is 1440. The molecule has 0 unspecified atom stereocenters. The summed E-state index contributed by atoms with van der Waals surface area (Å²) in [5.74, 6) is -11.1. The average Bonchev–Trinajstić information content (AvgIpc) is 3.53. The third kappa shape index (κ3) is 4.77. The largest absolute Gasteiger partial charge is 0.463 e. The van der Waals surface area contributed by atoms with E-state index in [9.17, 15) is 44.7 Å². The molecular formula is C25H18F8N4O3. The summed E-state index contributed by atoms with van der Waals surface area (Å²) in [5.41, 5.74) is 1.19. The van der Waals surface area contributed by atoms with Crippen LogP contribution in [-0.2, 0) is 11.3 Å². The lowest BCUT2D eigenvalue weighted by molar-refractivity contribution is -0.275. The second-order valence-electron chi connectivity index (χ2n) is 9.39. The lowest BCUT2D eigenvalue weighted by atomic mass is 9.84. The maximum atomic E-state index is 13.9. The van der Waals surface area contributed by atoms with Crippen molar-refractivity contribution in [3.63, 3.8) is 0 Å². The van der Waals surface area contributed by atoms with Gasteiger partial charge < -0.3 is 14.2 Å². The topological polar surface area (TPSA) is 79.5 Å². The van der Waals surface area contributed by atoms with Crippen LogP contribution in [-0.4, -0.2) is 63.0 Å². The molecule has 15 heteroatoms. The number of piperidine rings is 1. The maximum Gasteiger partial charge on any atom is 0.463 e. The standard InChI is InChI=1S/C25H18F8N4O3/c26-15-5-3-12(4-6-15)16-7-8-36(23(39)24(29,30)25(31,32)33)11-18(16)37-10-14-2-1-13(9-17(14)22(37)38)20-34-35-21(40-20)19(27)28/h1-6,9,16,18-19H,7-8,10-11H2/t16-,18+/m0/s1. The normalized spacial score (nSPS) is 19.9. The van der Waals surface area contributed by atoms with Gasteiger partial charge in [0.1, 0.15) is 5.82 Å². The molecule has 2 aliphatic heterocycles. The SMILES string of the molecule is O=C1c2cc(-c3nnc(C(F)F)o3)ccc2CN1[C@@H]1CN(C(=O)C(F)(F)C(F)(F)F)CC[C@H]1c1ccc(F)cc1. The summed E-state index contributed by atoms with van der Waals surface area (Å²) in [5, 5.41) is 6.78. The molecular weight excluding hydrogens is 556 g/mol. The fraction of sp³-hybridized carbons (Fsp3) is 0.360. The fourth-order valence-electron chi connectivity index (χ4n) is 5.01. The summed E-state index contributed by atoms with van der Waals surface area (Å²) in [7, 11) is 0. The Labute approximate surface area is 220 Å². The Morgan fingerprint density at radius 2 is 1.73 bits per heavy atom. The number of halogens is 8. The van der Waals surface area contributed by atoms with Crippen LogP contribution in [0.1, 0.15) is 46.1 Å². The predicted octanol–water partition coefficient (Wildman–Crippen LogP) is 5.35. The minimum absolute atomic E-state index is 0.0827. The molecule has 3 aromatic rings. The highest BCUT2D eigenvalue weighted by Crippen LogP contribution is 2.41. The Morgan fingerprint density at radius 3 is 2.35 bits per heavy atom. The van der Waals surface area contributed by atoms with Crippen molar-refractivity contribution in [2.24, 2.45) is 0 Å². The second kappa shape index (κ2) is 9.86. The van der Waals surface area contributed by atoms with E-state index in [2.05, 4.69) is 10.2 Å².